The van der Waals surface area contributed by atoms with E-state index in [1.807, 2.05) is 47.4 Å². The number of para-hydroxylation sites is 1. The van der Waals surface area contributed by atoms with Crippen LogP contribution in [0.2, 0.25) is 0 Å². The van der Waals surface area contributed by atoms with Gasteiger partial charge in [-0.3, -0.25) is 0 Å². The van der Waals surface area contributed by atoms with Gasteiger partial charge in [0, 0.05) is 23.6 Å². The van der Waals surface area contributed by atoms with Crippen molar-refractivity contribution in [3.63, 3.8) is 0 Å². The molecule has 138 valence electrons. The Kier molecular flexibility index (Phi) is 4.59. The molecular formula is C22H23N3O2. The van der Waals surface area contributed by atoms with Gasteiger partial charge in [-0.15, -0.1) is 0 Å². The monoisotopic (exact) mass is 361 g/mol. The van der Waals surface area contributed by atoms with Crippen molar-refractivity contribution in [2.24, 2.45) is 0 Å². The van der Waals surface area contributed by atoms with Gasteiger partial charge in [0.05, 0.1) is 25.4 Å². The lowest BCUT2D eigenvalue weighted by Gasteiger charge is -2.29. The van der Waals surface area contributed by atoms with Crippen molar-refractivity contribution in [1.82, 2.24) is 9.47 Å². The van der Waals surface area contributed by atoms with Gasteiger partial charge in [-0.25, -0.2) is 4.79 Å². The van der Waals surface area contributed by atoms with Crippen molar-refractivity contribution in [2.75, 3.05) is 12.4 Å². The van der Waals surface area contributed by atoms with E-state index in [1.165, 1.54) is 0 Å². The van der Waals surface area contributed by atoms with E-state index < -0.39 is 0 Å². The summed E-state index contributed by atoms with van der Waals surface area (Å²) in [6.45, 7) is 2.68. The summed E-state index contributed by atoms with van der Waals surface area (Å²) < 4.78 is 7.46. The fraction of sp³-hybridized carbons (Fsp3) is 0.227. The highest BCUT2D eigenvalue weighted by Crippen LogP contribution is 2.34. The first-order valence-corrected chi connectivity index (χ1v) is 9.18. The summed E-state index contributed by atoms with van der Waals surface area (Å²) in [7, 11) is 1.62. The van der Waals surface area contributed by atoms with Crippen molar-refractivity contribution in [2.45, 2.75) is 25.9 Å². The number of carbonyl (C=O) groups is 1. The number of anilines is 1. The zero-order valence-corrected chi connectivity index (χ0v) is 15.6. The van der Waals surface area contributed by atoms with E-state index in [0.29, 0.717) is 6.54 Å². The van der Waals surface area contributed by atoms with Crippen LogP contribution in [0.15, 0.2) is 66.9 Å². The molecule has 0 saturated carbocycles. The molecule has 1 aliphatic heterocycles. The Balaban J connectivity index is 1.70. The van der Waals surface area contributed by atoms with Crippen molar-refractivity contribution in [3.8, 4) is 11.4 Å². The zero-order chi connectivity index (χ0) is 18.8. The highest BCUT2D eigenvalue weighted by atomic mass is 16.5. The molecule has 1 atom stereocenters. The van der Waals surface area contributed by atoms with Crippen LogP contribution in [-0.2, 0) is 6.54 Å². The van der Waals surface area contributed by atoms with Gasteiger partial charge in [0.2, 0.25) is 0 Å². The first-order valence-electron chi connectivity index (χ1n) is 9.18. The lowest BCUT2D eigenvalue weighted by molar-refractivity contribution is 0.181. The van der Waals surface area contributed by atoms with Crippen LogP contribution in [0.5, 0.6) is 5.75 Å². The number of benzene rings is 2. The maximum absolute atomic E-state index is 13.2. The van der Waals surface area contributed by atoms with Crippen LogP contribution in [0.4, 0.5) is 10.5 Å². The third-order valence-electron chi connectivity index (χ3n) is 5.06. The van der Waals surface area contributed by atoms with Gasteiger partial charge in [-0.2, -0.15) is 0 Å². The Hall–Kier alpha value is -3.21. The van der Waals surface area contributed by atoms with Crippen LogP contribution in [0.25, 0.3) is 5.69 Å². The molecule has 0 spiro atoms. The van der Waals surface area contributed by atoms with Gasteiger partial charge in [-0.1, -0.05) is 31.2 Å². The summed E-state index contributed by atoms with van der Waals surface area (Å²) in [5.41, 5.74) is 4.12. The molecule has 0 aliphatic carbocycles. The standard InChI is InChI=1S/C22H23N3O2/c1-3-19-21-12-7-13-24(21)20-11-5-4-8-16(20)15-25(19)22(26)23-17-9-6-10-18(14-17)27-2/h4-14,19H,3,15H2,1-2H3,(H,23,26)/t19-/m0/s1. The highest BCUT2D eigenvalue weighted by Gasteiger charge is 2.30. The second-order valence-electron chi connectivity index (χ2n) is 6.65. The first kappa shape index (κ1) is 17.2. The second kappa shape index (κ2) is 7.19. The Bertz CT molecular complexity index is 963. The maximum Gasteiger partial charge on any atom is 0.322 e. The van der Waals surface area contributed by atoms with E-state index in [-0.39, 0.29) is 12.1 Å². The number of fused-ring (bicyclic) bond motifs is 3. The van der Waals surface area contributed by atoms with Gasteiger partial charge >= 0.3 is 6.03 Å². The number of hydrogen-bond donors (Lipinski definition) is 1. The predicted octanol–water partition coefficient (Wildman–Crippen LogP) is 4.98. The molecule has 0 bridgehead atoms. The van der Waals surface area contributed by atoms with Gasteiger partial charge in [-0.05, 0) is 42.3 Å². The number of urea groups is 1. The van der Waals surface area contributed by atoms with Gasteiger partial charge in [0.1, 0.15) is 5.75 Å². The van der Waals surface area contributed by atoms with E-state index in [4.69, 9.17) is 4.74 Å². The predicted molar refractivity (Wildman–Crippen MR) is 106 cm³/mol. The summed E-state index contributed by atoms with van der Waals surface area (Å²) in [5, 5.41) is 3.03. The zero-order valence-electron chi connectivity index (χ0n) is 15.6. The molecule has 2 heterocycles. The van der Waals surface area contributed by atoms with Crippen LogP contribution < -0.4 is 10.1 Å². The average molecular weight is 361 g/mol. The molecule has 1 N–H and O–H groups in total. The summed E-state index contributed by atoms with van der Waals surface area (Å²) in [6.07, 6.45) is 2.91. The van der Waals surface area contributed by atoms with Gasteiger partial charge in [0.25, 0.3) is 0 Å². The molecule has 5 nitrogen and oxygen atoms in total. The second-order valence-corrected chi connectivity index (χ2v) is 6.65. The Labute approximate surface area is 159 Å². The third-order valence-corrected chi connectivity index (χ3v) is 5.06. The number of amides is 2. The quantitative estimate of drug-likeness (QED) is 0.715. The number of methoxy groups -OCH3 is 1. The van der Waals surface area contributed by atoms with E-state index in [1.54, 1.807) is 7.11 Å². The molecule has 1 aromatic heterocycles. The minimum absolute atomic E-state index is 0.00184. The van der Waals surface area contributed by atoms with Crippen LogP contribution in [0.1, 0.15) is 30.6 Å². The highest BCUT2D eigenvalue weighted by molar-refractivity contribution is 5.90. The Morgan fingerprint density at radius 1 is 1.15 bits per heavy atom. The molecule has 27 heavy (non-hydrogen) atoms. The number of hydrogen-bond acceptors (Lipinski definition) is 2. The van der Waals surface area contributed by atoms with Crippen molar-refractivity contribution in [3.05, 3.63) is 78.1 Å². The molecule has 1 aliphatic rings. The summed E-state index contributed by atoms with van der Waals surface area (Å²) in [4.78, 5) is 15.1. The van der Waals surface area contributed by atoms with E-state index >= 15 is 0 Å². The Morgan fingerprint density at radius 3 is 2.81 bits per heavy atom. The fourth-order valence-electron chi connectivity index (χ4n) is 3.76. The number of rotatable bonds is 3. The van der Waals surface area contributed by atoms with Crippen LogP contribution in [-0.4, -0.2) is 22.6 Å². The first-order chi connectivity index (χ1) is 13.2. The molecule has 0 radical (unpaired) electrons. The molecule has 0 fully saturated rings. The van der Waals surface area contributed by atoms with Crippen molar-refractivity contribution < 1.29 is 9.53 Å². The topological polar surface area (TPSA) is 46.5 Å². The van der Waals surface area contributed by atoms with Gasteiger partial charge in [0.15, 0.2) is 0 Å². The summed E-state index contributed by atoms with van der Waals surface area (Å²) in [5.74, 6) is 0.718. The number of nitrogens with zero attached hydrogens (tertiary/aromatic N) is 2. The number of carbonyl (C=O) groups excluding carboxylic acids is 1. The normalized spacial score (nSPS) is 15.5. The largest absolute Gasteiger partial charge is 0.497 e. The SMILES string of the molecule is CC[C@H]1c2cccn2-c2ccccc2CN1C(=O)Nc1cccc(OC)c1. The lowest BCUT2D eigenvalue weighted by atomic mass is 10.1. The number of ether oxygens (including phenoxy) is 1. The molecule has 5 heteroatoms. The molecule has 2 aromatic carbocycles. The number of aromatic nitrogens is 1. The van der Waals surface area contributed by atoms with Gasteiger partial charge < -0.3 is 19.5 Å². The minimum atomic E-state index is -0.112. The Morgan fingerprint density at radius 2 is 2.00 bits per heavy atom. The molecule has 4 rings (SSSR count). The molecule has 3 aromatic rings. The summed E-state index contributed by atoms with van der Waals surface area (Å²) >= 11 is 0. The van der Waals surface area contributed by atoms with Crippen LogP contribution in [0.3, 0.4) is 0 Å². The van der Waals surface area contributed by atoms with E-state index in [9.17, 15) is 4.79 Å². The fourth-order valence-corrected chi connectivity index (χ4v) is 3.76. The maximum atomic E-state index is 13.2. The summed E-state index contributed by atoms with van der Waals surface area (Å²) in [6, 6.07) is 19.7. The third kappa shape index (κ3) is 3.16. The van der Waals surface area contributed by atoms with Crippen LogP contribution >= 0.6 is 0 Å². The lowest BCUT2D eigenvalue weighted by Crippen LogP contribution is -2.37. The average Bonchev–Trinajstić information content (AvgIpc) is 3.12. The number of nitrogens with one attached hydrogen (secondary N) is 1. The molecule has 0 unspecified atom stereocenters. The molecule has 0 saturated heterocycles. The van der Waals surface area contributed by atoms with Crippen molar-refractivity contribution in [1.29, 1.82) is 0 Å². The van der Waals surface area contributed by atoms with E-state index in [2.05, 4.69) is 41.2 Å². The smallest absolute Gasteiger partial charge is 0.322 e. The molecule has 2 amide bonds. The van der Waals surface area contributed by atoms with E-state index in [0.717, 1.165) is 34.8 Å². The van der Waals surface area contributed by atoms with Crippen LogP contribution in [0, 0.1) is 0 Å². The van der Waals surface area contributed by atoms with Crippen molar-refractivity contribution >= 4 is 11.7 Å². The minimum Gasteiger partial charge on any atom is -0.497 e. The molecular weight excluding hydrogens is 338 g/mol.